The van der Waals surface area contributed by atoms with Gasteiger partial charge in [-0.1, -0.05) is 36.8 Å². The molecule has 0 saturated carbocycles. The Kier molecular flexibility index (Phi) is 6.85. The maximum Gasteiger partial charge on any atom is 0.344 e. The molecule has 1 heterocycles. The van der Waals surface area contributed by atoms with E-state index < -0.39 is 18.5 Å². The number of rotatable bonds is 8. The number of esters is 1. The summed E-state index contributed by atoms with van der Waals surface area (Å²) in [6, 6.07) is 17.0. The first-order valence-electron chi connectivity index (χ1n) is 9.75. The highest BCUT2D eigenvalue weighted by Crippen LogP contribution is 2.17. The van der Waals surface area contributed by atoms with Gasteiger partial charge in [0.05, 0.1) is 11.4 Å². The lowest BCUT2D eigenvalue weighted by Gasteiger charge is -2.10. The van der Waals surface area contributed by atoms with Gasteiger partial charge in [0.25, 0.3) is 5.91 Å². The Labute approximate surface area is 175 Å². The molecule has 3 rings (SSSR count). The van der Waals surface area contributed by atoms with Crippen LogP contribution in [-0.4, -0.2) is 34.9 Å². The Morgan fingerprint density at radius 2 is 1.70 bits per heavy atom. The van der Waals surface area contributed by atoms with Crippen LogP contribution in [0.1, 0.15) is 23.7 Å². The first-order chi connectivity index (χ1) is 14.4. The van der Waals surface area contributed by atoms with E-state index in [1.165, 1.54) is 5.56 Å². The average Bonchev–Trinajstić information content (AvgIpc) is 3.11. The molecule has 30 heavy (non-hydrogen) atoms. The normalized spacial score (nSPS) is 10.5. The van der Waals surface area contributed by atoms with E-state index in [0.29, 0.717) is 11.6 Å². The molecule has 0 aliphatic carbocycles. The molecule has 0 spiro atoms. The van der Waals surface area contributed by atoms with Crippen LogP contribution in [0.2, 0.25) is 0 Å². The second-order valence-electron chi connectivity index (χ2n) is 6.91. The first kappa shape index (κ1) is 21.1. The standard InChI is InChI=1S/C23H25N3O4/c1-4-18-7-11-20(12-8-18)29-15-23(28)30-14-22(27)24-21-13-17(3)25-26(21)19-9-5-16(2)6-10-19/h5-13H,4,14-15H2,1-3H3,(H,24,27). The number of nitrogens with zero attached hydrogens (tertiary/aromatic N) is 2. The molecule has 1 amide bonds. The fourth-order valence-corrected chi connectivity index (χ4v) is 2.80. The van der Waals surface area contributed by atoms with Gasteiger partial charge in [0.1, 0.15) is 11.6 Å². The second-order valence-corrected chi connectivity index (χ2v) is 6.91. The third-order valence-electron chi connectivity index (χ3n) is 4.43. The molecule has 3 aromatic rings. The first-order valence-corrected chi connectivity index (χ1v) is 9.75. The third-order valence-corrected chi connectivity index (χ3v) is 4.43. The van der Waals surface area contributed by atoms with E-state index in [9.17, 15) is 9.59 Å². The van der Waals surface area contributed by atoms with Crippen molar-refractivity contribution in [2.75, 3.05) is 18.5 Å². The fraction of sp³-hybridized carbons (Fsp3) is 0.261. The maximum atomic E-state index is 12.2. The number of anilines is 1. The zero-order valence-electron chi connectivity index (χ0n) is 17.3. The van der Waals surface area contributed by atoms with E-state index in [4.69, 9.17) is 9.47 Å². The van der Waals surface area contributed by atoms with E-state index >= 15 is 0 Å². The Morgan fingerprint density at radius 1 is 1.00 bits per heavy atom. The Bertz CT molecular complexity index is 1010. The van der Waals surface area contributed by atoms with Crippen molar-refractivity contribution in [2.45, 2.75) is 27.2 Å². The smallest absolute Gasteiger partial charge is 0.344 e. The number of nitrogens with one attached hydrogen (secondary N) is 1. The van der Waals surface area contributed by atoms with E-state index in [2.05, 4.69) is 17.3 Å². The molecule has 1 aromatic heterocycles. The molecule has 7 heteroatoms. The van der Waals surface area contributed by atoms with Crippen LogP contribution in [0.15, 0.2) is 54.6 Å². The lowest BCUT2D eigenvalue weighted by molar-refractivity contribution is -0.149. The summed E-state index contributed by atoms with van der Waals surface area (Å²) >= 11 is 0. The topological polar surface area (TPSA) is 82.4 Å². The number of amides is 1. The van der Waals surface area contributed by atoms with Crippen LogP contribution in [0, 0.1) is 13.8 Å². The van der Waals surface area contributed by atoms with Crippen molar-refractivity contribution in [1.82, 2.24) is 9.78 Å². The van der Waals surface area contributed by atoms with Gasteiger partial charge in [-0.3, -0.25) is 4.79 Å². The molecular weight excluding hydrogens is 382 g/mol. The zero-order chi connectivity index (χ0) is 21.5. The van der Waals surface area contributed by atoms with Gasteiger partial charge in [-0.2, -0.15) is 5.10 Å². The lowest BCUT2D eigenvalue weighted by Crippen LogP contribution is -2.24. The molecular formula is C23H25N3O4. The highest BCUT2D eigenvalue weighted by Gasteiger charge is 2.13. The van der Waals surface area contributed by atoms with Crippen LogP contribution < -0.4 is 10.1 Å². The van der Waals surface area contributed by atoms with Crippen LogP contribution in [0.25, 0.3) is 5.69 Å². The van der Waals surface area contributed by atoms with Crippen LogP contribution in [0.3, 0.4) is 0 Å². The van der Waals surface area contributed by atoms with E-state index in [1.807, 2.05) is 50.2 Å². The fourth-order valence-electron chi connectivity index (χ4n) is 2.80. The van der Waals surface area contributed by atoms with Crippen molar-refractivity contribution in [3.8, 4) is 11.4 Å². The van der Waals surface area contributed by atoms with Crippen molar-refractivity contribution in [2.24, 2.45) is 0 Å². The molecule has 0 fully saturated rings. The molecule has 2 aromatic carbocycles. The summed E-state index contributed by atoms with van der Waals surface area (Å²) in [7, 11) is 0. The second kappa shape index (κ2) is 9.73. The number of benzene rings is 2. The summed E-state index contributed by atoms with van der Waals surface area (Å²) < 4.78 is 12.0. The summed E-state index contributed by atoms with van der Waals surface area (Å²) in [5.41, 5.74) is 3.89. The van der Waals surface area contributed by atoms with Gasteiger partial charge in [0, 0.05) is 6.07 Å². The highest BCUT2D eigenvalue weighted by atomic mass is 16.6. The molecule has 0 atom stereocenters. The van der Waals surface area contributed by atoms with Crippen LogP contribution in [-0.2, 0) is 20.7 Å². The SMILES string of the molecule is CCc1ccc(OCC(=O)OCC(=O)Nc2cc(C)nn2-c2ccc(C)cc2)cc1. The molecule has 0 aliphatic heterocycles. The van der Waals surface area contributed by atoms with E-state index in [1.54, 1.807) is 22.9 Å². The van der Waals surface area contributed by atoms with Crippen molar-refractivity contribution < 1.29 is 19.1 Å². The molecule has 0 unspecified atom stereocenters. The Hall–Kier alpha value is -3.61. The zero-order valence-corrected chi connectivity index (χ0v) is 17.3. The number of ether oxygens (including phenoxy) is 2. The average molecular weight is 407 g/mol. The van der Waals surface area contributed by atoms with Crippen LogP contribution in [0.5, 0.6) is 5.75 Å². The molecule has 0 bridgehead atoms. The number of hydrogen-bond donors (Lipinski definition) is 1. The molecule has 0 saturated heterocycles. The third kappa shape index (κ3) is 5.70. The minimum atomic E-state index is -0.618. The predicted molar refractivity (Wildman–Crippen MR) is 114 cm³/mol. The summed E-state index contributed by atoms with van der Waals surface area (Å²) in [5, 5.41) is 7.14. The van der Waals surface area contributed by atoms with Crippen molar-refractivity contribution in [3.05, 3.63) is 71.4 Å². The minimum absolute atomic E-state index is 0.265. The Morgan fingerprint density at radius 3 is 2.37 bits per heavy atom. The quantitative estimate of drug-likeness (QED) is 0.577. The lowest BCUT2D eigenvalue weighted by atomic mass is 10.2. The monoisotopic (exact) mass is 407 g/mol. The van der Waals surface area contributed by atoms with Crippen LogP contribution in [0.4, 0.5) is 5.82 Å². The van der Waals surface area contributed by atoms with E-state index in [0.717, 1.165) is 23.4 Å². The summed E-state index contributed by atoms with van der Waals surface area (Å²) in [6.07, 6.45) is 0.930. The van der Waals surface area contributed by atoms with E-state index in [-0.39, 0.29) is 6.61 Å². The maximum absolute atomic E-state index is 12.2. The number of carbonyl (C=O) groups excluding carboxylic acids is 2. The van der Waals surface area contributed by atoms with Gasteiger partial charge < -0.3 is 14.8 Å². The summed E-state index contributed by atoms with van der Waals surface area (Å²) in [4.78, 5) is 24.1. The van der Waals surface area contributed by atoms with Gasteiger partial charge in [-0.15, -0.1) is 0 Å². The molecule has 0 aliphatic rings. The summed E-state index contributed by atoms with van der Waals surface area (Å²) in [5.74, 6) is 0.00703. The predicted octanol–water partition coefficient (Wildman–Crippen LogP) is 3.61. The van der Waals surface area contributed by atoms with Gasteiger partial charge in [-0.25, -0.2) is 9.48 Å². The van der Waals surface area contributed by atoms with Gasteiger partial charge in [-0.05, 0) is 50.1 Å². The van der Waals surface area contributed by atoms with Crippen molar-refractivity contribution in [3.63, 3.8) is 0 Å². The summed E-state index contributed by atoms with van der Waals surface area (Å²) in [6.45, 7) is 5.23. The van der Waals surface area contributed by atoms with Gasteiger partial charge in [0.2, 0.25) is 0 Å². The number of hydrogen-bond acceptors (Lipinski definition) is 5. The minimum Gasteiger partial charge on any atom is -0.482 e. The molecule has 1 N–H and O–H groups in total. The van der Waals surface area contributed by atoms with Crippen molar-refractivity contribution in [1.29, 1.82) is 0 Å². The highest BCUT2D eigenvalue weighted by molar-refractivity contribution is 5.92. The number of aryl methyl sites for hydroxylation is 3. The number of carbonyl (C=O) groups is 2. The van der Waals surface area contributed by atoms with Crippen LogP contribution >= 0.6 is 0 Å². The van der Waals surface area contributed by atoms with Gasteiger partial charge >= 0.3 is 5.97 Å². The molecule has 156 valence electrons. The van der Waals surface area contributed by atoms with Gasteiger partial charge in [0.15, 0.2) is 13.2 Å². The molecule has 0 radical (unpaired) electrons. The van der Waals surface area contributed by atoms with Crippen molar-refractivity contribution >= 4 is 17.7 Å². The largest absolute Gasteiger partial charge is 0.482 e. The Balaban J connectivity index is 1.51. The number of aromatic nitrogens is 2. The molecule has 7 nitrogen and oxygen atoms in total.